The molecule has 2 N–H and O–H groups in total. The first-order chi connectivity index (χ1) is 8.29. The lowest BCUT2D eigenvalue weighted by Gasteiger charge is -2.18. The Kier molecular flexibility index (Phi) is 3.58. The van der Waals surface area contributed by atoms with Crippen molar-refractivity contribution >= 4 is 11.6 Å². The van der Waals surface area contributed by atoms with Gasteiger partial charge in [-0.25, -0.2) is 0 Å². The number of rotatable bonds is 4. The van der Waals surface area contributed by atoms with Crippen LogP contribution in [0.5, 0.6) is 5.75 Å². The third-order valence-electron chi connectivity index (χ3n) is 2.47. The molecule has 88 valence electrons. The molecule has 5 heteroatoms. The topological polar surface area (TPSA) is 74.2 Å². The SMILES string of the molecule is N#CCNCCc1ccc2c(c1)NC(=O)CO2. The molecule has 1 amide bonds. The Bertz CT molecular complexity index is 465. The molecule has 0 unspecified atom stereocenters. The van der Waals surface area contributed by atoms with Crippen molar-refractivity contribution in [2.24, 2.45) is 0 Å². The van der Waals surface area contributed by atoms with Crippen LogP contribution >= 0.6 is 0 Å². The summed E-state index contributed by atoms with van der Waals surface area (Å²) < 4.78 is 5.26. The maximum absolute atomic E-state index is 11.2. The summed E-state index contributed by atoms with van der Waals surface area (Å²) in [6, 6.07) is 7.74. The number of carbonyl (C=O) groups excluding carboxylic acids is 1. The fourth-order valence-corrected chi connectivity index (χ4v) is 1.66. The van der Waals surface area contributed by atoms with Gasteiger partial charge in [0.15, 0.2) is 6.61 Å². The van der Waals surface area contributed by atoms with Gasteiger partial charge in [-0.2, -0.15) is 5.26 Å². The van der Waals surface area contributed by atoms with Gasteiger partial charge in [0.05, 0.1) is 18.3 Å². The zero-order chi connectivity index (χ0) is 12.1. The summed E-state index contributed by atoms with van der Waals surface area (Å²) in [5, 5.41) is 14.1. The van der Waals surface area contributed by atoms with Gasteiger partial charge >= 0.3 is 0 Å². The second-order valence-corrected chi connectivity index (χ2v) is 3.75. The van der Waals surface area contributed by atoms with Crippen molar-refractivity contribution in [1.82, 2.24) is 5.32 Å². The minimum absolute atomic E-state index is 0.0794. The molecule has 1 aliphatic heterocycles. The normalized spacial score (nSPS) is 13.2. The summed E-state index contributed by atoms with van der Waals surface area (Å²) in [5.41, 5.74) is 1.82. The summed E-state index contributed by atoms with van der Waals surface area (Å²) in [6.07, 6.45) is 0.810. The Morgan fingerprint density at radius 3 is 3.24 bits per heavy atom. The molecule has 1 aromatic rings. The molecule has 0 aromatic heterocycles. The first-order valence-corrected chi connectivity index (χ1v) is 5.43. The average molecular weight is 231 g/mol. The Morgan fingerprint density at radius 2 is 2.41 bits per heavy atom. The molecule has 0 fully saturated rings. The van der Waals surface area contributed by atoms with E-state index in [0.29, 0.717) is 12.3 Å². The molecule has 0 saturated carbocycles. The quantitative estimate of drug-likeness (QED) is 0.590. The largest absolute Gasteiger partial charge is 0.482 e. The van der Waals surface area contributed by atoms with Crippen LogP contribution in [0.3, 0.4) is 0 Å². The Labute approximate surface area is 99.4 Å². The lowest BCUT2D eigenvalue weighted by Crippen LogP contribution is -2.25. The maximum Gasteiger partial charge on any atom is 0.262 e. The third kappa shape index (κ3) is 2.95. The number of benzene rings is 1. The Balaban J connectivity index is 1.98. The molecule has 17 heavy (non-hydrogen) atoms. The average Bonchev–Trinajstić information content (AvgIpc) is 2.34. The number of nitrogens with one attached hydrogen (secondary N) is 2. The smallest absolute Gasteiger partial charge is 0.262 e. The van der Waals surface area contributed by atoms with Crippen molar-refractivity contribution in [3.63, 3.8) is 0 Å². The lowest BCUT2D eigenvalue weighted by atomic mass is 10.1. The van der Waals surface area contributed by atoms with Crippen LogP contribution in [-0.4, -0.2) is 25.6 Å². The van der Waals surface area contributed by atoms with Gasteiger partial charge < -0.3 is 15.4 Å². The highest BCUT2D eigenvalue weighted by Gasteiger charge is 2.15. The molecular formula is C12H13N3O2. The number of nitrogens with zero attached hydrogens (tertiary/aromatic N) is 1. The van der Waals surface area contributed by atoms with Crippen molar-refractivity contribution in [2.75, 3.05) is 25.0 Å². The molecule has 0 aliphatic carbocycles. The number of ether oxygens (including phenoxy) is 1. The van der Waals surface area contributed by atoms with E-state index in [2.05, 4.69) is 10.6 Å². The van der Waals surface area contributed by atoms with Gasteiger partial charge in [-0.1, -0.05) is 6.07 Å². The van der Waals surface area contributed by atoms with E-state index >= 15 is 0 Å². The van der Waals surface area contributed by atoms with Crippen LogP contribution in [0, 0.1) is 11.3 Å². The van der Waals surface area contributed by atoms with Crippen molar-refractivity contribution in [2.45, 2.75) is 6.42 Å². The van der Waals surface area contributed by atoms with Gasteiger partial charge in [-0.05, 0) is 24.1 Å². The predicted octanol–water partition coefficient (Wildman–Crippen LogP) is 0.673. The van der Waals surface area contributed by atoms with Gasteiger partial charge in [-0.15, -0.1) is 0 Å². The minimum Gasteiger partial charge on any atom is -0.482 e. The number of amides is 1. The van der Waals surface area contributed by atoms with Gasteiger partial charge in [0.25, 0.3) is 5.91 Å². The van der Waals surface area contributed by atoms with E-state index in [0.717, 1.165) is 24.2 Å². The highest BCUT2D eigenvalue weighted by molar-refractivity contribution is 5.95. The number of fused-ring (bicyclic) bond motifs is 1. The lowest BCUT2D eigenvalue weighted by molar-refractivity contribution is -0.118. The van der Waals surface area contributed by atoms with Crippen LogP contribution < -0.4 is 15.4 Å². The molecule has 0 radical (unpaired) electrons. The molecular weight excluding hydrogens is 218 g/mol. The van der Waals surface area contributed by atoms with Crippen LogP contribution in [0.2, 0.25) is 0 Å². The highest BCUT2D eigenvalue weighted by atomic mass is 16.5. The van der Waals surface area contributed by atoms with Gasteiger partial charge in [0.1, 0.15) is 5.75 Å². The van der Waals surface area contributed by atoms with Crippen molar-refractivity contribution < 1.29 is 9.53 Å². The number of nitriles is 1. The van der Waals surface area contributed by atoms with Gasteiger partial charge in [0.2, 0.25) is 0 Å². The molecule has 0 bridgehead atoms. The molecule has 1 heterocycles. The second-order valence-electron chi connectivity index (χ2n) is 3.75. The molecule has 1 aromatic carbocycles. The fraction of sp³-hybridized carbons (Fsp3) is 0.333. The van der Waals surface area contributed by atoms with Crippen molar-refractivity contribution in [3.05, 3.63) is 23.8 Å². The van der Waals surface area contributed by atoms with Crippen LogP contribution in [0.1, 0.15) is 5.56 Å². The maximum atomic E-state index is 11.2. The van der Waals surface area contributed by atoms with Crippen LogP contribution in [0.25, 0.3) is 0 Å². The zero-order valence-corrected chi connectivity index (χ0v) is 9.32. The molecule has 0 saturated heterocycles. The number of anilines is 1. The Hall–Kier alpha value is -2.06. The number of hydrogen-bond acceptors (Lipinski definition) is 4. The van der Waals surface area contributed by atoms with E-state index in [-0.39, 0.29) is 12.5 Å². The van der Waals surface area contributed by atoms with E-state index in [1.165, 1.54) is 0 Å². The van der Waals surface area contributed by atoms with Gasteiger partial charge in [-0.3, -0.25) is 4.79 Å². The summed E-state index contributed by atoms with van der Waals surface area (Å²) in [4.78, 5) is 11.2. The van der Waals surface area contributed by atoms with E-state index in [4.69, 9.17) is 10.00 Å². The second kappa shape index (κ2) is 5.32. The molecule has 1 aliphatic rings. The zero-order valence-electron chi connectivity index (χ0n) is 9.32. The standard InChI is InChI=1S/C12H13N3O2/c13-4-6-14-5-3-9-1-2-11-10(7-9)15-12(16)8-17-11/h1-2,7,14H,3,5-6,8H2,(H,15,16). The van der Waals surface area contributed by atoms with E-state index in [1.807, 2.05) is 24.3 Å². The number of hydrogen-bond donors (Lipinski definition) is 2. The van der Waals surface area contributed by atoms with Crippen LogP contribution in [0.4, 0.5) is 5.69 Å². The van der Waals surface area contributed by atoms with E-state index in [1.54, 1.807) is 0 Å². The predicted molar refractivity (Wildman–Crippen MR) is 62.8 cm³/mol. The minimum atomic E-state index is -0.128. The molecule has 5 nitrogen and oxygen atoms in total. The summed E-state index contributed by atoms with van der Waals surface area (Å²) >= 11 is 0. The summed E-state index contributed by atoms with van der Waals surface area (Å²) in [6.45, 7) is 1.17. The Morgan fingerprint density at radius 1 is 1.53 bits per heavy atom. The first-order valence-electron chi connectivity index (χ1n) is 5.43. The van der Waals surface area contributed by atoms with Crippen LogP contribution in [-0.2, 0) is 11.2 Å². The molecule has 0 atom stereocenters. The van der Waals surface area contributed by atoms with E-state index < -0.39 is 0 Å². The highest BCUT2D eigenvalue weighted by Crippen LogP contribution is 2.28. The monoisotopic (exact) mass is 231 g/mol. The molecule has 0 spiro atoms. The molecule has 2 rings (SSSR count). The fourth-order valence-electron chi connectivity index (χ4n) is 1.66. The summed E-state index contributed by atoms with van der Waals surface area (Å²) in [7, 11) is 0. The summed E-state index contributed by atoms with van der Waals surface area (Å²) in [5.74, 6) is 0.579. The van der Waals surface area contributed by atoms with E-state index in [9.17, 15) is 4.79 Å². The first kappa shape index (κ1) is 11.4. The van der Waals surface area contributed by atoms with Crippen LogP contribution in [0.15, 0.2) is 18.2 Å². The number of carbonyl (C=O) groups is 1. The van der Waals surface area contributed by atoms with Crippen molar-refractivity contribution in [3.8, 4) is 11.8 Å². The third-order valence-corrected chi connectivity index (χ3v) is 2.47. The van der Waals surface area contributed by atoms with Crippen molar-refractivity contribution in [1.29, 1.82) is 5.26 Å². The van der Waals surface area contributed by atoms with Gasteiger partial charge in [0, 0.05) is 6.54 Å².